The number of carbonyl (C=O) groups excluding carboxylic acids is 1. The largest absolute Gasteiger partial charge is 0.319 e. The van der Waals surface area contributed by atoms with Crippen LogP contribution in [0.3, 0.4) is 0 Å². The van der Waals surface area contributed by atoms with Crippen LogP contribution in [0.1, 0.15) is 25.2 Å². The topological polar surface area (TPSA) is 103 Å². The van der Waals surface area contributed by atoms with Crippen LogP contribution >= 0.6 is 11.8 Å². The van der Waals surface area contributed by atoms with E-state index in [1.54, 1.807) is 19.1 Å². The number of hydrogen-bond donors (Lipinski definition) is 1. The van der Waals surface area contributed by atoms with Gasteiger partial charge in [0, 0.05) is 19.0 Å². The van der Waals surface area contributed by atoms with Crippen molar-refractivity contribution in [2.75, 3.05) is 5.32 Å². The van der Waals surface area contributed by atoms with Gasteiger partial charge in [-0.15, -0.1) is 10.2 Å². The summed E-state index contributed by atoms with van der Waals surface area (Å²) in [4.78, 5) is 23.2. The highest BCUT2D eigenvalue weighted by molar-refractivity contribution is 8.00. The third-order valence-electron chi connectivity index (χ3n) is 4.32. The molecule has 0 radical (unpaired) electrons. The van der Waals surface area contributed by atoms with E-state index in [4.69, 9.17) is 0 Å². The Labute approximate surface area is 172 Å². The molecule has 1 heterocycles. The Balaban J connectivity index is 1.71. The van der Waals surface area contributed by atoms with Crippen LogP contribution in [0.5, 0.6) is 0 Å². The summed E-state index contributed by atoms with van der Waals surface area (Å²) in [7, 11) is 0. The summed E-state index contributed by atoms with van der Waals surface area (Å²) in [6.45, 7) is 4.41. The summed E-state index contributed by atoms with van der Waals surface area (Å²) >= 11 is 1.28. The van der Waals surface area contributed by atoms with Crippen LogP contribution in [0.2, 0.25) is 0 Å². The second-order valence-electron chi connectivity index (χ2n) is 6.33. The van der Waals surface area contributed by atoms with Gasteiger partial charge in [-0.05, 0) is 25.5 Å². The summed E-state index contributed by atoms with van der Waals surface area (Å²) < 4.78 is 1.98. The van der Waals surface area contributed by atoms with Gasteiger partial charge in [-0.25, -0.2) is 0 Å². The van der Waals surface area contributed by atoms with Crippen LogP contribution in [0.15, 0.2) is 59.8 Å². The van der Waals surface area contributed by atoms with Gasteiger partial charge in [-0.1, -0.05) is 54.2 Å². The summed E-state index contributed by atoms with van der Waals surface area (Å²) in [6, 6.07) is 16.1. The third-order valence-corrected chi connectivity index (χ3v) is 5.41. The number of carbonyl (C=O) groups is 1. The van der Waals surface area contributed by atoms with Gasteiger partial charge in [0.1, 0.15) is 11.5 Å². The molecule has 0 aliphatic heterocycles. The smallest absolute Gasteiger partial charge is 0.292 e. The maximum absolute atomic E-state index is 12.6. The van der Waals surface area contributed by atoms with Crippen molar-refractivity contribution in [3.63, 3.8) is 0 Å². The van der Waals surface area contributed by atoms with Crippen molar-refractivity contribution in [2.45, 2.75) is 37.2 Å². The van der Waals surface area contributed by atoms with E-state index in [9.17, 15) is 14.9 Å². The van der Waals surface area contributed by atoms with Crippen LogP contribution in [-0.2, 0) is 17.8 Å². The van der Waals surface area contributed by atoms with Crippen LogP contribution in [0, 0.1) is 10.1 Å². The maximum atomic E-state index is 12.6. The van der Waals surface area contributed by atoms with Gasteiger partial charge in [-0.3, -0.25) is 14.9 Å². The number of aromatic nitrogens is 3. The number of para-hydroxylation sites is 2. The highest BCUT2D eigenvalue weighted by Gasteiger charge is 2.22. The molecule has 9 heteroatoms. The van der Waals surface area contributed by atoms with Crippen LogP contribution < -0.4 is 5.32 Å². The third kappa shape index (κ3) is 5.00. The van der Waals surface area contributed by atoms with E-state index in [1.807, 2.05) is 41.8 Å². The molecule has 0 saturated carbocycles. The van der Waals surface area contributed by atoms with Crippen molar-refractivity contribution in [1.29, 1.82) is 0 Å². The lowest BCUT2D eigenvalue weighted by atomic mass is 10.1. The first-order valence-corrected chi connectivity index (χ1v) is 10.0. The summed E-state index contributed by atoms with van der Waals surface area (Å²) in [5.41, 5.74) is 1.17. The molecule has 0 fully saturated rings. The number of anilines is 1. The normalized spacial score (nSPS) is 11.8. The van der Waals surface area contributed by atoms with Gasteiger partial charge in [0.15, 0.2) is 5.16 Å². The number of thioether (sulfide) groups is 1. The lowest BCUT2D eigenvalue weighted by Gasteiger charge is -2.13. The molecule has 1 amide bonds. The van der Waals surface area contributed by atoms with Crippen LogP contribution in [0.4, 0.5) is 11.4 Å². The second kappa shape index (κ2) is 9.33. The molecule has 0 unspecified atom stereocenters. The van der Waals surface area contributed by atoms with E-state index >= 15 is 0 Å². The second-order valence-corrected chi connectivity index (χ2v) is 7.64. The van der Waals surface area contributed by atoms with Crippen molar-refractivity contribution >= 4 is 29.0 Å². The summed E-state index contributed by atoms with van der Waals surface area (Å²) in [5, 5.41) is 22.4. The van der Waals surface area contributed by atoms with Gasteiger partial charge in [-0.2, -0.15) is 0 Å². The van der Waals surface area contributed by atoms with Crippen molar-refractivity contribution in [3.8, 4) is 0 Å². The predicted octanol–water partition coefficient (Wildman–Crippen LogP) is 3.92. The van der Waals surface area contributed by atoms with Crippen molar-refractivity contribution in [3.05, 3.63) is 76.1 Å². The highest BCUT2D eigenvalue weighted by atomic mass is 32.2. The fraction of sp³-hybridized carbons (Fsp3) is 0.250. The molecule has 29 heavy (non-hydrogen) atoms. The quantitative estimate of drug-likeness (QED) is 0.342. The highest BCUT2D eigenvalue weighted by Crippen LogP contribution is 2.27. The molecule has 1 aromatic heterocycles. The first-order valence-electron chi connectivity index (χ1n) is 9.16. The molecular formula is C20H21N5O3S. The van der Waals surface area contributed by atoms with Gasteiger partial charge in [0.25, 0.3) is 5.69 Å². The monoisotopic (exact) mass is 411 g/mol. The minimum Gasteiger partial charge on any atom is -0.319 e. The molecule has 3 rings (SSSR count). The Morgan fingerprint density at radius 1 is 1.17 bits per heavy atom. The zero-order valence-electron chi connectivity index (χ0n) is 16.1. The number of nitro benzene ring substituents is 1. The van der Waals surface area contributed by atoms with Gasteiger partial charge in [0.05, 0.1) is 10.2 Å². The first-order chi connectivity index (χ1) is 14.0. The number of hydrogen-bond acceptors (Lipinski definition) is 6. The zero-order valence-corrected chi connectivity index (χ0v) is 16.9. The van der Waals surface area contributed by atoms with Gasteiger partial charge in [0.2, 0.25) is 5.91 Å². The van der Waals surface area contributed by atoms with Crippen LogP contribution in [-0.4, -0.2) is 30.8 Å². The lowest BCUT2D eigenvalue weighted by molar-refractivity contribution is -0.383. The van der Waals surface area contributed by atoms with E-state index in [0.717, 1.165) is 11.4 Å². The van der Waals surface area contributed by atoms with Gasteiger partial charge >= 0.3 is 0 Å². The molecule has 8 nitrogen and oxygen atoms in total. The van der Waals surface area contributed by atoms with Crippen molar-refractivity contribution in [2.24, 2.45) is 0 Å². The number of amides is 1. The Morgan fingerprint density at radius 2 is 1.86 bits per heavy atom. The molecule has 0 saturated heterocycles. The molecule has 0 aliphatic carbocycles. The number of nitro groups is 1. The van der Waals surface area contributed by atoms with E-state index in [-0.39, 0.29) is 17.3 Å². The molecule has 150 valence electrons. The molecule has 0 bridgehead atoms. The molecule has 3 aromatic rings. The van der Waals surface area contributed by atoms with E-state index in [0.29, 0.717) is 18.1 Å². The van der Waals surface area contributed by atoms with E-state index in [1.165, 1.54) is 23.9 Å². The minimum absolute atomic E-state index is 0.139. The lowest BCUT2D eigenvalue weighted by Crippen LogP contribution is -2.23. The van der Waals surface area contributed by atoms with Crippen molar-refractivity contribution < 1.29 is 9.72 Å². The summed E-state index contributed by atoms with van der Waals surface area (Å²) in [6.07, 6.45) is 0.652. The molecular weight excluding hydrogens is 390 g/mol. The average molecular weight is 411 g/mol. The van der Waals surface area contributed by atoms with Crippen LogP contribution in [0.25, 0.3) is 0 Å². The van der Waals surface area contributed by atoms with E-state index < -0.39 is 10.2 Å². The Bertz CT molecular complexity index is 1010. The first kappa shape index (κ1) is 20.5. The average Bonchev–Trinajstić information content (AvgIpc) is 3.09. The van der Waals surface area contributed by atoms with Crippen molar-refractivity contribution in [1.82, 2.24) is 14.8 Å². The SMILES string of the molecule is CCn1c(Cc2ccccc2)nnc1S[C@@H](C)C(=O)Nc1ccccc1[N+](=O)[O-]. The maximum Gasteiger partial charge on any atom is 0.292 e. The predicted molar refractivity (Wildman–Crippen MR) is 112 cm³/mol. The number of nitrogens with one attached hydrogen (secondary N) is 1. The van der Waals surface area contributed by atoms with Gasteiger partial charge < -0.3 is 9.88 Å². The Hall–Kier alpha value is -3.20. The Kier molecular flexibility index (Phi) is 6.61. The number of rotatable bonds is 8. The standard InChI is InChI=1S/C20H21N5O3S/c1-3-24-18(13-15-9-5-4-6-10-15)22-23-20(24)29-14(2)19(26)21-16-11-7-8-12-17(16)25(27)28/h4-12,14H,3,13H2,1-2H3,(H,21,26)/t14-/m0/s1. The fourth-order valence-electron chi connectivity index (χ4n) is 2.82. The minimum atomic E-state index is -0.517. The number of nitrogens with zero attached hydrogens (tertiary/aromatic N) is 4. The van der Waals surface area contributed by atoms with E-state index in [2.05, 4.69) is 15.5 Å². The zero-order chi connectivity index (χ0) is 20.8. The molecule has 2 aromatic carbocycles. The Morgan fingerprint density at radius 3 is 2.55 bits per heavy atom. The number of benzene rings is 2. The molecule has 1 atom stereocenters. The molecule has 1 N–H and O–H groups in total. The summed E-state index contributed by atoms with van der Waals surface area (Å²) in [5.74, 6) is 0.493. The molecule has 0 aliphatic rings. The fourth-order valence-corrected chi connectivity index (χ4v) is 3.75. The molecule has 0 spiro atoms.